The number of halogens is 2. The Morgan fingerprint density at radius 1 is 0.968 bits per heavy atom. The lowest BCUT2D eigenvalue weighted by molar-refractivity contribution is -0.126. The van der Waals surface area contributed by atoms with Crippen LogP contribution in [0.4, 0.5) is 0 Å². The van der Waals surface area contributed by atoms with Crippen molar-refractivity contribution < 1.29 is 18.0 Å². The number of aryl methyl sites for hydroxylation is 2. The molecular weight excluding hydrogens is 461 g/mol. The Labute approximate surface area is 191 Å². The zero-order valence-electron chi connectivity index (χ0n) is 17.1. The monoisotopic (exact) mass is 483 g/mol. The maximum Gasteiger partial charge on any atom is 0.271 e. The van der Waals surface area contributed by atoms with Gasteiger partial charge < -0.3 is 0 Å². The first-order valence-electron chi connectivity index (χ1n) is 9.72. The first kappa shape index (κ1) is 23.5. The van der Waals surface area contributed by atoms with Crippen LogP contribution in [0, 0.1) is 19.8 Å². The molecular formula is C21H23Cl2N3O4S. The number of carbonyl (C=O) groups excluding carboxylic acids is 2. The molecule has 2 aromatic rings. The van der Waals surface area contributed by atoms with E-state index in [0.29, 0.717) is 17.9 Å². The molecule has 0 aliphatic carbocycles. The molecule has 1 aliphatic heterocycles. The Bertz CT molecular complexity index is 1110. The van der Waals surface area contributed by atoms with Crippen LogP contribution >= 0.6 is 23.2 Å². The van der Waals surface area contributed by atoms with Crippen molar-refractivity contribution in [2.75, 3.05) is 13.1 Å². The fourth-order valence-corrected chi connectivity index (χ4v) is 5.27. The van der Waals surface area contributed by atoms with E-state index in [2.05, 4.69) is 10.9 Å². The van der Waals surface area contributed by atoms with E-state index in [0.717, 1.165) is 11.1 Å². The van der Waals surface area contributed by atoms with Gasteiger partial charge in [0.25, 0.3) is 5.91 Å². The second kappa shape index (κ2) is 9.56. The summed E-state index contributed by atoms with van der Waals surface area (Å²) in [5.41, 5.74) is 6.79. The zero-order chi connectivity index (χ0) is 22.8. The lowest BCUT2D eigenvalue weighted by Crippen LogP contribution is -2.48. The van der Waals surface area contributed by atoms with Gasteiger partial charge >= 0.3 is 0 Å². The lowest BCUT2D eigenvalue weighted by atomic mass is 9.98. The number of nitrogens with zero attached hydrogens (tertiary/aromatic N) is 1. The summed E-state index contributed by atoms with van der Waals surface area (Å²) in [7, 11) is -3.62. The largest absolute Gasteiger partial charge is 0.273 e. The molecule has 1 aliphatic rings. The van der Waals surface area contributed by atoms with Crippen molar-refractivity contribution in [1.82, 2.24) is 15.2 Å². The van der Waals surface area contributed by atoms with E-state index in [1.165, 1.54) is 16.4 Å². The van der Waals surface area contributed by atoms with Crippen LogP contribution in [0.25, 0.3) is 0 Å². The number of amides is 2. The lowest BCUT2D eigenvalue weighted by Gasteiger charge is -2.30. The van der Waals surface area contributed by atoms with Crippen LogP contribution in [0.5, 0.6) is 0 Å². The summed E-state index contributed by atoms with van der Waals surface area (Å²) >= 11 is 11.9. The van der Waals surface area contributed by atoms with Crippen LogP contribution in [0.2, 0.25) is 10.0 Å². The van der Waals surface area contributed by atoms with Crippen molar-refractivity contribution in [3.05, 3.63) is 63.1 Å². The molecule has 2 N–H and O–H groups in total. The minimum Gasteiger partial charge on any atom is -0.273 e. The molecule has 31 heavy (non-hydrogen) atoms. The predicted octanol–water partition coefficient (Wildman–Crippen LogP) is 3.47. The second-order valence-electron chi connectivity index (χ2n) is 7.49. The van der Waals surface area contributed by atoms with E-state index < -0.39 is 21.8 Å². The van der Waals surface area contributed by atoms with Crippen LogP contribution in [0.15, 0.2) is 41.3 Å². The molecule has 2 aromatic carbocycles. The summed E-state index contributed by atoms with van der Waals surface area (Å²) in [6, 6.07) is 9.51. The highest BCUT2D eigenvalue weighted by atomic mass is 35.5. The molecule has 2 amide bonds. The van der Waals surface area contributed by atoms with Gasteiger partial charge in [-0.1, -0.05) is 29.3 Å². The Hall–Kier alpha value is -2.13. The Kier molecular flexibility index (Phi) is 7.26. The van der Waals surface area contributed by atoms with Crippen LogP contribution in [0.3, 0.4) is 0 Å². The van der Waals surface area contributed by atoms with Gasteiger partial charge in [0.2, 0.25) is 15.9 Å². The van der Waals surface area contributed by atoms with Gasteiger partial charge in [0, 0.05) is 24.0 Å². The minimum absolute atomic E-state index is 0.142. The summed E-state index contributed by atoms with van der Waals surface area (Å²) in [5, 5.41) is 0.555. The van der Waals surface area contributed by atoms with E-state index >= 15 is 0 Å². The molecule has 1 fully saturated rings. The highest BCUT2D eigenvalue weighted by Crippen LogP contribution is 2.25. The van der Waals surface area contributed by atoms with Gasteiger partial charge in [0.1, 0.15) is 0 Å². The van der Waals surface area contributed by atoms with E-state index in [9.17, 15) is 18.0 Å². The van der Waals surface area contributed by atoms with Crippen molar-refractivity contribution >= 4 is 45.0 Å². The number of piperidine rings is 1. The summed E-state index contributed by atoms with van der Waals surface area (Å²) in [4.78, 5) is 24.9. The van der Waals surface area contributed by atoms with Crippen molar-refractivity contribution in [3.63, 3.8) is 0 Å². The molecule has 0 atom stereocenters. The number of benzene rings is 2. The topological polar surface area (TPSA) is 95.6 Å². The second-order valence-corrected chi connectivity index (χ2v) is 10.3. The highest BCUT2D eigenvalue weighted by Gasteiger charge is 2.32. The average Bonchev–Trinajstić information content (AvgIpc) is 2.75. The van der Waals surface area contributed by atoms with Crippen LogP contribution in [-0.2, 0) is 14.8 Å². The highest BCUT2D eigenvalue weighted by molar-refractivity contribution is 7.89. The molecule has 1 saturated heterocycles. The molecule has 0 aromatic heterocycles. The van der Waals surface area contributed by atoms with Crippen molar-refractivity contribution in [1.29, 1.82) is 0 Å². The smallest absolute Gasteiger partial charge is 0.271 e. The van der Waals surface area contributed by atoms with Crippen LogP contribution < -0.4 is 10.9 Å². The summed E-state index contributed by atoms with van der Waals surface area (Å²) < 4.78 is 27.2. The van der Waals surface area contributed by atoms with Gasteiger partial charge in [0.05, 0.1) is 15.5 Å². The number of carbonyl (C=O) groups is 2. The van der Waals surface area contributed by atoms with Gasteiger partial charge in [-0.05, 0) is 68.1 Å². The molecule has 166 valence electrons. The zero-order valence-corrected chi connectivity index (χ0v) is 19.4. The van der Waals surface area contributed by atoms with Crippen LogP contribution in [-0.4, -0.2) is 37.6 Å². The average molecular weight is 484 g/mol. The van der Waals surface area contributed by atoms with E-state index in [-0.39, 0.29) is 34.5 Å². The summed E-state index contributed by atoms with van der Waals surface area (Å²) in [6.45, 7) is 4.24. The van der Waals surface area contributed by atoms with Gasteiger partial charge in [-0.2, -0.15) is 4.31 Å². The van der Waals surface area contributed by atoms with Crippen molar-refractivity contribution in [3.8, 4) is 0 Å². The molecule has 1 heterocycles. The van der Waals surface area contributed by atoms with Crippen molar-refractivity contribution in [2.24, 2.45) is 5.92 Å². The number of sulfonamides is 1. The fraction of sp³-hybridized carbons (Fsp3) is 0.333. The molecule has 3 rings (SSSR count). The van der Waals surface area contributed by atoms with E-state index in [1.54, 1.807) is 24.3 Å². The number of hydrogen-bond donors (Lipinski definition) is 2. The van der Waals surface area contributed by atoms with Gasteiger partial charge in [-0.3, -0.25) is 20.4 Å². The molecule has 0 spiro atoms. The van der Waals surface area contributed by atoms with Gasteiger partial charge in [-0.15, -0.1) is 0 Å². The third kappa shape index (κ3) is 5.38. The first-order chi connectivity index (χ1) is 14.6. The minimum atomic E-state index is -3.62. The van der Waals surface area contributed by atoms with E-state index in [4.69, 9.17) is 23.2 Å². The van der Waals surface area contributed by atoms with Crippen LogP contribution in [0.1, 0.15) is 34.3 Å². The maximum atomic E-state index is 12.9. The molecule has 0 bridgehead atoms. The third-order valence-corrected chi connectivity index (χ3v) is 7.87. The molecule has 7 nitrogen and oxygen atoms in total. The SMILES string of the molecule is Cc1ccc(S(=O)(=O)N2CCC(C(=O)NNC(=O)c3cc(Cl)ccc3Cl)CC2)cc1C. The molecule has 0 saturated carbocycles. The number of rotatable bonds is 4. The Balaban J connectivity index is 1.56. The Morgan fingerprint density at radius 2 is 1.65 bits per heavy atom. The summed E-state index contributed by atoms with van der Waals surface area (Å²) in [5.74, 6) is -1.38. The van der Waals surface area contributed by atoms with Gasteiger partial charge in [-0.25, -0.2) is 8.42 Å². The predicted molar refractivity (Wildman–Crippen MR) is 119 cm³/mol. The molecule has 0 unspecified atom stereocenters. The molecule has 0 radical (unpaired) electrons. The normalized spacial score (nSPS) is 15.5. The number of hydrogen-bond acceptors (Lipinski definition) is 4. The molecule has 10 heteroatoms. The third-order valence-electron chi connectivity index (χ3n) is 5.41. The standard InChI is InChI=1S/C21H23Cl2N3O4S/c1-13-3-5-17(11-14(13)2)31(29,30)26-9-7-15(8-10-26)20(27)24-25-21(28)18-12-16(22)4-6-19(18)23/h3-6,11-12,15H,7-10H2,1-2H3,(H,24,27)(H,25,28). The van der Waals surface area contributed by atoms with E-state index in [1.807, 2.05) is 13.8 Å². The van der Waals surface area contributed by atoms with Gasteiger partial charge in [0.15, 0.2) is 0 Å². The Morgan fingerprint density at radius 3 is 2.29 bits per heavy atom. The number of nitrogens with one attached hydrogen (secondary N) is 2. The first-order valence-corrected chi connectivity index (χ1v) is 11.9. The summed E-state index contributed by atoms with van der Waals surface area (Å²) in [6.07, 6.45) is 0.702. The van der Waals surface area contributed by atoms with Crippen molar-refractivity contribution in [2.45, 2.75) is 31.6 Å². The number of hydrazine groups is 1. The quantitative estimate of drug-likeness (QED) is 0.650. The fourth-order valence-electron chi connectivity index (χ4n) is 3.34. The maximum absolute atomic E-state index is 12.9.